The van der Waals surface area contributed by atoms with E-state index in [1.807, 2.05) is 30.3 Å². The molecule has 2 aromatic carbocycles. The summed E-state index contributed by atoms with van der Waals surface area (Å²) in [5.74, 6) is 2.30. The number of nitrogens with one attached hydrogen (secondary N) is 2. The van der Waals surface area contributed by atoms with Crippen molar-refractivity contribution in [3.05, 3.63) is 71.4 Å². The largest absolute Gasteiger partial charge is 0.496 e. The van der Waals surface area contributed by atoms with E-state index in [-0.39, 0.29) is 11.3 Å². The fourth-order valence-corrected chi connectivity index (χ4v) is 4.79. The maximum Gasteiger partial charge on any atom is 0.220 e. The van der Waals surface area contributed by atoms with Crippen molar-refractivity contribution in [2.45, 2.75) is 52.0 Å². The average Bonchev–Trinajstić information content (AvgIpc) is 3.32. The number of amides is 1. The van der Waals surface area contributed by atoms with E-state index >= 15 is 0 Å². The van der Waals surface area contributed by atoms with E-state index < -0.39 is 0 Å². The highest BCUT2D eigenvalue weighted by Crippen LogP contribution is 2.29. The van der Waals surface area contributed by atoms with Gasteiger partial charge in [0, 0.05) is 30.2 Å². The summed E-state index contributed by atoms with van der Waals surface area (Å²) in [6.45, 7) is 8.92. The van der Waals surface area contributed by atoms with Crippen LogP contribution in [0.25, 0.3) is 11.3 Å². The summed E-state index contributed by atoms with van der Waals surface area (Å²) < 4.78 is 11.1. The Morgan fingerprint density at radius 1 is 1.14 bits per heavy atom. The first-order valence-electron chi connectivity index (χ1n) is 12.5. The first-order chi connectivity index (χ1) is 16.8. The van der Waals surface area contributed by atoms with E-state index in [4.69, 9.17) is 9.26 Å². The van der Waals surface area contributed by atoms with Crippen LogP contribution in [0.3, 0.4) is 0 Å². The summed E-state index contributed by atoms with van der Waals surface area (Å²) in [4.78, 5) is 12.8. The fourth-order valence-electron chi connectivity index (χ4n) is 4.79. The summed E-state index contributed by atoms with van der Waals surface area (Å²) in [5, 5.41) is 10.9. The minimum Gasteiger partial charge on any atom is -0.496 e. The molecule has 1 saturated heterocycles. The average molecular weight is 476 g/mol. The van der Waals surface area contributed by atoms with Crippen molar-refractivity contribution < 1.29 is 14.1 Å². The highest BCUT2D eigenvalue weighted by Gasteiger charge is 2.28. The van der Waals surface area contributed by atoms with Gasteiger partial charge in [-0.1, -0.05) is 68.4 Å². The van der Waals surface area contributed by atoms with Crippen LogP contribution in [0.2, 0.25) is 0 Å². The molecule has 2 heterocycles. The minimum atomic E-state index is 0.0765. The highest BCUT2D eigenvalue weighted by molar-refractivity contribution is 5.76. The van der Waals surface area contributed by atoms with Crippen molar-refractivity contribution in [3.8, 4) is 17.1 Å². The predicted molar refractivity (Wildman–Crippen MR) is 138 cm³/mol. The second-order valence-electron chi connectivity index (χ2n) is 10.5. The van der Waals surface area contributed by atoms with Gasteiger partial charge in [0.1, 0.15) is 5.75 Å². The maximum absolute atomic E-state index is 12.8. The number of methoxy groups -OCH3 is 1. The number of ether oxygens (including phenoxy) is 1. The van der Waals surface area contributed by atoms with E-state index in [0.29, 0.717) is 24.8 Å². The van der Waals surface area contributed by atoms with Gasteiger partial charge in [0.2, 0.25) is 5.91 Å². The molecule has 6 nitrogen and oxygen atoms in total. The lowest BCUT2D eigenvalue weighted by atomic mass is 9.81. The Balaban J connectivity index is 1.35. The Morgan fingerprint density at radius 3 is 2.66 bits per heavy atom. The number of carbonyl (C=O) groups is 1. The molecule has 0 aliphatic carbocycles. The molecule has 0 unspecified atom stereocenters. The van der Waals surface area contributed by atoms with Gasteiger partial charge in [0.25, 0.3) is 0 Å². The van der Waals surface area contributed by atoms with Gasteiger partial charge in [-0.2, -0.15) is 0 Å². The van der Waals surface area contributed by atoms with Crippen LogP contribution in [0.15, 0.2) is 59.1 Å². The Bertz CT molecular complexity index is 1110. The molecule has 0 radical (unpaired) electrons. The molecule has 1 fully saturated rings. The molecule has 1 aliphatic heterocycles. The molecule has 0 saturated carbocycles. The van der Waals surface area contributed by atoms with E-state index in [1.54, 1.807) is 7.11 Å². The third-order valence-corrected chi connectivity index (χ3v) is 6.95. The van der Waals surface area contributed by atoms with Crippen molar-refractivity contribution in [3.63, 3.8) is 0 Å². The quantitative estimate of drug-likeness (QED) is 0.473. The Hall–Kier alpha value is -3.12. The van der Waals surface area contributed by atoms with E-state index in [0.717, 1.165) is 54.3 Å². The summed E-state index contributed by atoms with van der Waals surface area (Å²) in [6.07, 6.45) is 2.28. The van der Waals surface area contributed by atoms with E-state index in [9.17, 15) is 4.79 Å². The predicted octanol–water partition coefficient (Wildman–Crippen LogP) is 5.12. The first-order valence-corrected chi connectivity index (χ1v) is 12.5. The van der Waals surface area contributed by atoms with E-state index in [2.05, 4.69) is 60.8 Å². The van der Waals surface area contributed by atoms with Gasteiger partial charge in [0.05, 0.1) is 12.8 Å². The molecule has 0 spiro atoms. The van der Waals surface area contributed by atoms with Gasteiger partial charge in [-0.3, -0.25) is 4.79 Å². The van der Waals surface area contributed by atoms with Crippen LogP contribution in [0, 0.1) is 11.8 Å². The summed E-state index contributed by atoms with van der Waals surface area (Å²) in [6, 6.07) is 18.3. The third-order valence-electron chi connectivity index (χ3n) is 6.95. The molecule has 6 heteroatoms. The van der Waals surface area contributed by atoms with Crippen molar-refractivity contribution in [2.24, 2.45) is 11.8 Å². The standard InChI is InChI=1S/C29H37N3O3/c1-29(2,3)24-11-9-20(10-12-24)27-17-25(32-35-27)15-23-18-30-14-13-21(23)16-28(33)31-19-22-7-5-6-8-26(22)34-4/h5-12,17,21,23,30H,13-16,18-19H2,1-4H3,(H,31,33)/t21-,23-/m0/s1. The van der Waals surface area contributed by atoms with Crippen molar-refractivity contribution in [1.29, 1.82) is 0 Å². The molecular formula is C29H37N3O3. The molecule has 35 heavy (non-hydrogen) atoms. The first kappa shape index (κ1) is 25.0. The van der Waals surface area contributed by atoms with Crippen LogP contribution in [-0.4, -0.2) is 31.3 Å². The SMILES string of the molecule is COc1ccccc1CNC(=O)C[C@@H]1CCNC[C@@H]1Cc1cc(-c2ccc(C(C)(C)C)cc2)on1. The van der Waals surface area contributed by atoms with Gasteiger partial charge in [-0.15, -0.1) is 0 Å². The molecule has 3 aromatic rings. The monoisotopic (exact) mass is 475 g/mol. The van der Waals surface area contributed by atoms with Gasteiger partial charge < -0.3 is 19.9 Å². The van der Waals surface area contributed by atoms with Crippen LogP contribution >= 0.6 is 0 Å². The normalized spacial score (nSPS) is 18.3. The zero-order chi connectivity index (χ0) is 24.8. The Morgan fingerprint density at radius 2 is 1.91 bits per heavy atom. The molecule has 1 aliphatic rings. The van der Waals surface area contributed by atoms with Gasteiger partial charge >= 0.3 is 0 Å². The number of para-hydroxylation sites is 1. The summed E-state index contributed by atoms with van der Waals surface area (Å²) >= 11 is 0. The zero-order valence-electron chi connectivity index (χ0n) is 21.3. The number of benzene rings is 2. The van der Waals surface area contributed by atoms with E-state index in [1.165, 1.54) is 5.56 Å². The Labute approximate surface area is 208 Å². The second-order valence-corrected chi connectivity index (χ2v) is 10.5. The van der Waals surface area contributed by atoms with Gasteiger partial charge in [0.15, 0.2) is 5.76 Å². The number of carbonyl (C=O) groups excluding carboxylic acids is 1. The van der Waals surface area contributed by atoms with Crippen molar-refractivity contribution in [2.75, 3.05) is 20.2 Å². The van der Waals surface area contributed by atoms with Crippen LogP contribution in [0.1, 0.15) is 50.4 Å². The number of hydrogen-bond acceptors (Lipinski definition) is 5. The van der Waals surface area contributed by atoms with Gasteiger partial charge in [-0.05, 0) is 54.8 Å². The number of hydrogen-bond donors (Lipinski definition) is 2. The number of nitrogens with zero attached hydrogens (tertiary/aromatic N) is 1. The molecule has 186 valence electrons. The minimum absolute atomic E-state index is 0.0765. The summed E-state index contributed by atoms with van der Waals surface area (Å²) in [5.41, 5.74) is 4.36. The van der Waals surface area contributed by atoms with Crippen LogP contribution in [0.4, 0.5) is 0 Å². The lowest BCUT2D eigenvalue weighted by molar-refractivity contribution is -0.122. The second kappa shape index (κ2) is 11.1. The number of piperidine rings is 1. The van der Waals surface area contributed by atoms with Crippen LogP contribution in [0.5, 0.6) is 5.75 Å². The molecule has 2 atom stereocenters. The lowest BCUT2D eigenvalue weighted by Crippen LogP contribution is -2.40. The topological polar surface area (TPSA) is 76.4 Å². The van der Waals surface area contributed by atoms with Crippen LogP contribution in [-0.2, 0) is 23.2 Å². The number of aromatic nitrogens is 1. The smallest absolute Gasteiger partial charge is 0.220 e. The Kier molecular flexibility index (Phi) is 7.91. The maximum atomic E-state index is 12.8. The molecule has 1 amide bonds. The molecule has 2 N–H and O–H groups in total. The molecule has 0 bridgehead atoms. The van der Waals surface area contributed by atoms with Crippen molar-refractivity contribution in [1.82, 2.24) is 15.8 Å². The molecule has 1 aromatic heterocycles. The van der Waals surface area contributed by atoms with Crippen molar-refractivity contribution >= 4 is 5.91 Å². The summed E-state index contributed by atoms with van der Waals surface area (Å²) in [7, 11) is 1.65. The molecule has 4 rings (SSSR count). The third kappa shape index (κ3) is 6.51. The highest BCUT2D eigenvalue weighted by atomic mass is 16.5. The zero-order valence-corrected chi connectivity index (χ0v) is 21.3. The lowest BCUT2D eigenvalue weighted by Gasteiger charge is -2.31. The number of rotatable bonds is 8. The molecular weight excluding hydrogens is 438 g/mol. The fraction of sp³-hybridized carbons (Fsp3) is 0.448. The van der Waals surface area contributed by atoms with Gasteiger partial charge in [-0.25, -0.2) is 0 Å². The van der Waals surface area contributed by atoms with Crippen LogP contribution < -0.4 is 15.4 Å².